The maximum Gasteiger partial charge on any atom is 0.251 e. The van der Waals surface area contributed by atoms with E-state index in [1.807, 2.05) is 6.92 Å². The molecule has 0 fully saturated rings. The lowest BCUT2D eigenvalue weighted by Gasteiger charge is -2.02. The summed E-state index contributed by atoms with van der Waals surface area (Å²) < 4.78 is 0. The van der Waals surface area contributed by atoms with Crippen molar-refractivity contribution in [2.45, 2.75) is 18.1 Å². The Morgan fingerprint density at radius 2 is 2.58 bits per heavy atom. The highest BCUT2D eigenvalue weighted by molar-refractivity contribution is 7.99. The highest BCUT2D eigenvalue weighted by Gasteiger charge is 1.98. The van der Waals surface area contributed by atoms with Gasteiger partial charge in [0.1, 0.15) is 0 Å². The van der Waals surface area contributed by atoms with Crippen molar-refractivity contribution in [3.05, 3.63) is 22.6 Å². The second-order valence-corrected chi connectivity index (χ2v) is 3.54. The highest BCUT2D eigenvalue weighted by Crippen LogP contribution is 2.09. The van der Waals surface area contributed by atoms with Crippen LogP contribution in [0.5, 0.6) is 0 Å². The van der Waals surface area contributed by atoms with Crippen molar-refractivity contribution < 1.29 is 0 Å². The van der Waals surface area contributed by atoms with Gasteiger partial charge >= 0.3 is 0 Å². The summed E-state index contributed by atoms with van der Waals surface area (Å²) in [6.07, 6.45) is 1.49. The number of rotatable bonds is 3. The lowest BCUT2D eigenvalue weighted by molar-refractivity contribution is 0.840. The van der Waals surface area contributed by atoms with Crippen molar-refractivity contribution in [1.82, 2.24) is 9.97 Å². The summed E-state index contributed by atoms with van der Waals surface area (Å²) in [6, 6.07) is 1.50. The van der Waals surface area contributed by atoms with Gasteiger partial charge in [0, 0.05) is 24.1 Å². The number of aromatic nitrogens is 2. The number of hydrogen-bond acceptors (Lipinski definition) is 4. The molecule has 0 saturated heterocycles. The SMILES string of the molecule is CC(N)CSc1nccc(=O)[nH]1. The zero-order valence-electron chi connectivity index (χ0n) is 6.78. The third-order valence-electron chi connectivity index (χ3n) is 1.13. The second-order valence-electron chi connectivity index (χ2n) is 2.53. The molecule has 0 aliphatic heterocycles. The van der Waals surface area contributed by atoms with Gasteiger partial charge in [0.2, 0.25) is 0 Å². The Morgan fingerprint density at radius 1 is 1.83 bits per heavy atom. The molecule has 3 N–H and O–H groups in total. The normalized spacial score (nSPS) is 12.8. The van der Waals surface area contributed by atoms with Gasteiger partial charge in [-0.25, -0.2) is 4.98 Å². The average Bonchev–Trinajstić information content (AvgIpc) is 2.01. The molecule has 0 amide bonds. The van der Waals surface area contributed by atoms with E-state index in [1.54, 1.807) is 0 Å². The van der Waals surface area contributed by atoms with Crippen LogP contribution in [0.4, 0.5) is 0 Å². The van der Waals surface area contributed by atoms with Gasteiger partial charge in [0.15, 0.2) is 5.16 Å². The van der Waals surface area contributed by atoms with Gasteiger partial charge in [-0.2, -0.15) is 0 Å². The largest absolute Gasteiger partial charge is 0.327 e. The van der Waals surface area contributed by atoms with Gasteiger partial charge in [-0.3, -0.25) is 4.79 Å². The van der Waals surface area contributed by atoms with Gasteiger partial charge in [-0.15, -0.1) is 0 Å². The van der Waals surface area contributed by atoms with E-state index in [0.717, 1.165) is 5.75 Å². The third kappa shape index (κ3) is 3.06. The molecule has 0 spiro atoms. The van der Waals surface area contributed by atoms with Gasteiger partial charge < -0.3 is 10.7 Å². The fraction of sp³-hybridized carbons (Fsp3) is 0.429. The van der Waals surface area contributed by atoms with E-state index in [-0.39, 0.29) is 11.6 Å². The number of nitrogens with one attached hydrogen (secondary N) is 1. The van der Waals surface area contributed by atoms with Crippen LogP contribution in [0.2, 0.25) is 0 Å². The molecule has 0 bridgehead atoms. The minimum atomic E-state index is -0.128. The van der Waals surface area contributed by atoms with Crippen LogP contribution in [-0.2, 0) is 0 Å². The Hall–Kier alpha value is -0.810. The lowest BCUT2D eigenvalue weighted by atomic mass is 10.4. The number of nitrogens with two attached hydrogens (primary N) is 1. The molecule has 4 nitrogen and oxygen atoms in total. The first-order valence-electron chi connectivity index (χ1n) is 3.62. The van der Waals surface area contributed by atoms with Crippen LogP contribution in [-0.4, -0.2) is 21.8 Å². The predicted molar refractivity (Wildman–Crippen MR) is 49.2 cm³/mol. The van der Waals surface area contributed by atoms with Gasteiger partial charge in [-0.1, -0.05) is 11.8 Å². The number of hydrogen-bond donors (Lipinski definition) is 2. The molecule has 0 aromatic carbocycles. The van der Waals surface area contributed by atoms with Crippen LogP contribution in [0, 0.1) is 0 Å². The highest BCUT2D eigenvalue weighted by atomic mass is 32.2. The van der Waals surface area contributed by atoms with Crippen molar-refractivity contribution in [3.8, 4) is 0 Å². The van der Waals surface area contributed by atoms with E-state index in [1.165, 1.54) is 24.0 Å². The van der Waals surface area contributed by atoms with Gasteiger partial charge in [-0.05, 0) is 6.92 Å². The van der Waals surface area contributed by atoms with Crippen LogP contribution >= 0.6 is 11.8 Å². The second kappa shape index (κ2) is 4.27. The van der Waals surface area contributed by atoms with E-state index in [9.17, 15) is 4.79 Å². The minimum absolute atomic E-state index is 0.112. The molecule has 12 heavy (non-hydrogen) atoms. The summed E-state index contributed by atoms with van der Waals surface area (Å²) in [4.78, 5) is 17.4. The quantitative estimate of drug-likeness (QED) is 0.521. The van der Waals surface area contributed by atoms with Crippen molar-refractivity contribution in [2.24, 2.45) is 5.73 Å². The van der Waals surface area contributed by atoms with Crippen molar-refractivity contribution >= 4 is 11.8 Å². The van der Waals surface area contributed by atoms with Gasteiger partial charge in [0.25, 0.3) is 5.56 Å². The van der Waals surface area contributed by atoms with Crippen molar-refractivity contribution in [3.63, 3.8) is 0 Å². The van der Waals surface area contributed by atoms with Crippen LogP contribution in [0.1, 0.15) is 6.92 Å². The average molecular weight is 185 g/mol. The molecule has 1 aromatic rings. The molecule has 1 heterocycles. The minimum Gasteiger partial charge on any atom is -0.327 e. The zero-order valence-corrected chi connectivity index (χ0v) is 7.60. The van der Waals surface area contributed by atoms with Crippen LogP contribution in [0.25, 0.3) is 0 Å². The van der Waals surface area contributed by atoms with Crippen LogP contribution in [0.15, 0.2) is 22.2 Å². The molecular formula is C7H11N3OS. The third-order valence-corrected chi connectivity index (χ3v) is 2.30. The van der Waals surface area contributed by atoms with Gasteiger partial charge in [0.05, 0.1) is 0 Å². The molecule has 66 valence electrons. The Morgan fingerprint density at radius 3 is 3.17 bits per heavy atom. The smallest absolute Gasteiger partial charge is 0.251 e. The molecule has 1 rings (SSSR count). The summed E-state index contributed by atoms with van der Waals surface area (Å²) in [5.74, 6) is 0.757. The molecule has 1 atom stereocenters. The molecule has 0 aliphatic carbocycles. The molecule has 0 saturated carbocycles. The number of H-pyrrole nitrogens is 1. The Kier molecular flexibility index (Phi) is 3.31. The summed E-state index contributed by atoms with van der Waals surface area (Å²) in [5, 5.41) is 0.625. The topological polar surface area (TPSA) is 71.8 Å². The predicted octanol–water partition coefficient (Wildman–Crippen LogP) is 0.209. The molecule has 0 radical (unpaired) electrons. The van der Waals surface area contributed by atoms with E-state index >= 15 is 0 Å². The zero-order chi connectivity index (χ0) is 8.97. The summed E-state index contributed by atoms with van der Waals surface area (Å²) in [6.45, 7) is 1.91. The molecule has 1 aromatic heterocycles. The maximum atomic E-state index is 10.8. The summed E-state index contributed by atoms with van der Waals surface area (Å²) in [7, 11) is 0. The van der Waals surface area contributed by atoms with E-state index in [2.05, 4.69) is 9.97 Å². The van der Waals surface area contributed by atoms with Crippen molar-refractivity contribution in [1.29, 1.82) is 0 Å². The fourth-order valence-electron chi connectivity index (χ4n) is 0.636. The number of aromatic amines is 1. The molecule has 5 heteroatoms. The monoisotopic (exact) mass is 185 g/mol. The number of nitrogens with zero attached hydrogens (tertiary/aromatic N) is 1. The molecule has 0 aliphatic rings. The first kappa shape index (κ1) is 9.28. The molecule has 1 unspecified atom stereocenters. The van der Waals surface area contributed by atoms with Crippen molar-refractivity contribution in [2.75, 3.05) is 5.75 Å². The lowest BCUT2D eigenvalue weighted by Crippen LogP contribution is -2.18. The van der Waals surface area contributed by atoms with E-state index in [4.69, 9.17) is 5.73 Å². The fourth-order valence-corrected chi connectivity index (χ4v) is 1.36. The Labute approximate surface area is 74.6 Å². The maximum absolute atomic E-state index is 10.8. The van der Waals surface area contributed by atoms with Crippen LogP contribution in [0.3, 0.4) is 0 Å². The van der Waals surface area contributed by atoms with E-state index < -0.39 is 0 Å². The van der Waals surface area contributed by atoms with Crippen LogP contribution < -0.4 is 11.3 Å². The van der Waals surface area contributed by atoms with E-state index in [0.29, 0.717) is 5.16 Å². The Balaban J connectivity index is 2.58. The Bertz CT molecular complexity index is 297. The number of thioether (sulfide) groups is 1. The standard InChI is InChI=1S/C7H11N3OS/c1-5(8)4-12-7-9-3-2-6(11)10-7/h2-3,5H,4,8H2,1H3,(H,9,10,11). The summed E-state index contributed by atoms with van der Waals surface area (Å²) in [5.41, 5.74) is 5.41. The molecular weight excluding hydrogens is 174 g/mol. The summed E-state index contributed by atoms with van der Waals surface area (Å²) >= 11 is 1.45. The first-order chi connectivity index (χ1) is 5.68. The first-order valence-corrected chi connectivity index (χ1v) is 4.61.